The lowest BCUT2D eigenvalue weighted by Gasteiger charge is -2.11. The highest BCUT2D eigenvalue weighted by molar-refractivity contribution is 6.35. The molecular formula is C12H7ClF4N2O2. The molecule has 0 aliphatic carbocycles. The number of nitrogens with zero attached hydrogens (tertiary/aromatic N) is 2. The molecule has 4 nitrogen and oxygen atoms in total. The zero-order chi connectivity index (χ0) is 15.9. The second kappa shape index (κ2) is 5.03. The van der Waals surface area contributed by atoms with Gasteiger partial charge in [-0.15, -0.1) is 0 Å². The molecule has 1 aromatic carbocycles. The summed E-state index contributed by atoms with van der Waals surface area (Å²) in [5.74, 6) is -3.17. The molecule has 0 radical (unpaired) electrons. The van der Waals surface area contributed by atoms with Gasteiger partial charge in [0.1, 0.15) is 5.56 Å². The molecule has 0 bridgehead atoms. The van der Waals surface area contributed by atoms with Crippen LogP contribution in [-0.4, -0.2) is 20.7 Å². The molecule has 1 aromatic heterocycles. The summed E-state index contributed by atoms with van der Waals surface area (Å²) in [5, 5.41) is 12.2. The first-order valence-corrected chi connectivity index (χ1v) is 5.83. The molecule has 9 heteroatoms. The van der Waals surface area contributed by atoms with E-state index in [1.165, 1.54) is 7.05 Å². The normalized spacial score (nSPS) is 11.7. The lowest BCUT2D eigenvalue weighted by Crippen LogP contribution is -2.11. The minimum absolute atomic E-state index is 0.293. The topological polar surface area (TPSA) is 55.1 Å². The highest BCUT2D eigenvalue weighted by Gasteiger charge is 2.36. The second-order valence-corrected chi connectivity index (χ2v) is 4.50. The largest absolute Gasteiger partial charge is 0.493 e. The molecule has 112 valence electrons. The van der Waals surface area contributed by atoms with E-state index in [-0.39, 0.29) is 5.56 Å². The van der Waals surface area contributed by atoms with Crippen molar-refractivity contribution in [2.75, 3.05) is 0 Å². The third-order valence-electron chi connectivity index (χ3n) is 2.78. The third kappa shape index (κ3) is 2.58. The summed E-state index contributed by atoms with van der Waals surface area (Å²) in [4.78, 5) is 12.1. The van der Waals surface area contributed by atoms with Crippen molar-refractivity contribution in [1.29, 1.82) is 0 Å². The predicted molar refractivity (Wildman–Crippen MR) is 64.7 cm³/mol. The van der Waals surface area contributed by atoms with E-state index in [4.69, 9.17) is 11.6 Å². The number of aromatic hydroxyl groups is 1. The Morgan fingerprint density at radius 2 is 1.95 bits per heavy atom. The Morgan fingerprint density at radius 3 is 2.43 bits per heavy atom. The van der Waals surface area contributed by atoms with Gasteiger partial charge in [0.05, 0.1) is 16.8 Å². The molecule has 0 fully saturated rings. The van der Waals surface area contributed by atoms with Crippen molar-refractivity contribution in [3.05, 3.63) is 45.9 Å². The molecular weight excluding hydrogens is 316 g/mol. The standard InChI is InChI=1S/C12H7ClF4N2O2/c1-19-11(21)6(4-18-19)10(20)5-2-3-7(12(15,16)17)9(14)8(5)13/h2-4,21H,1H3. The van der Waals surface area contributed by atoms with E-state index in [0.29, 0.717) is 6.07 Å². The number of carbonyl (C=O) groups excluding carboxylic acids is 1. The molecule has 21 heavy (non-hydrogen) atoms. The van der Waals surface area contributed by atoms with Crippen molar-refractivity contribution in [2.24, 2.45) is 7.05 Å². The second-order valence-electron chi connectivity index (χ2n) is 4.12. The predicted octanol–water partition coefficient (Wildman–Crippen LogP) is 3.17. The lowest BCUT2D eigenvalue weighted by atomic mass is 10.0. The number of aryl methyl sites for hydroxylation is 1. The molecule has 0 saturated carbocycles. The van der Waals surface area contributed by atoms with Crippen LogP contribution in [0.5, 0.6) is 5.88 Å². The van der Waals surface area contributed by atoms with E-state index < -0.39 is 39.8 Å². The molecule has 0 unspecified atom stereocenters. The highest BCUT2D eigenvalue weighted by Crippen LogP contribution is 2.36. The zero-order valence-electron chi connectivity index (χ0n) is 10.4. The van der Waals surface area contributed by atoms with E-state index in [0.717, 1.165) is 16.9 Å². The summed E-state index contributed by atoms with van der Waals surface area (Å²) in [5.41, 5.74) is -2.36. The Labute approximate surface area is 120 Å². The number of halogens is 5. The zero-order valence-corrected chi connectivity index (χ0v) is 11.1. The maximum atomic E-state index is 13.7. The van der Waals surface area contributed by atoms with Gasteiger partial charge in [-0.2, -0.15) is 18.3 Å². The highest BCUT2D eigenvalue weighted by atomic mass is 35.5. The van der Waals surface area contributed by atoms with E-state index in [1.807, 2.05) is 0 Å². The number of hydrogen-bond donors (Lipinski definition) is 1. The molecule has 2 rings (SSSR count). The quantitative estimate of drug-likeness (QED) is 0.682. The molecule has 0 atom stereocenters. The van der Waals surface area contributed by atoms with Crippen molar-refractivity contribution >= 4 is 17.4 Å². The molecule has 1 heterocycles. The Balaban J connectivity index is 2.54. The van der Waals surface area contributed by atoms with Crippen LogP contribution in [0.25, 0.3) is 0 Å². The van der Waals surface area contributed by atoms with Crippen LogP contribution in [0.2, 0.25) is 5.02 Å². The van der Waals surface area contributed by atoms with E-state index >= 15 is 0 Å². The number of carbonyl (C=O) groups is 1. The number of rotatable bonds is 2. The fourth-order valence-electron chi connectivity index (χ4n) is 1.68. The van der Waals surface area contributed by atoms with Gasteiger partial charge in [-0.05, 0) is 12.1 Å². The molecule has 2 aromatic rings. The van der Waals surface area contributed by atoms with Crippen LogP contribution in [0.15, 0.2) is 18.3 Å². The molecule has 0 spiro atoms. The van der Waals surface area contributed by atoms with Crippen LogP contribution in [0.3, 0.4) is 0 Å². The average Bonchev–Trinajstić information content (AvgIpc) is 2.71. The van der Waals surface area contributed by atoms with Crippen molar-refractivity contribution in [3.8, 4) is 5.88 Å². The molecule has 0 aliphatic heterocycles. The number of hydrogen-bond acceptors (Lipinski definition) is 3. The van der Waals surface area contributed by atoms with E-state index in [1.54, 1.807) is 0 Å². The van der Waals surface area contributed by atoms with Gasteiger partial charge in [0.15, 0.2) is 5.82 Å². The number of ketones is 1. The first kappa shape index (κ1) is 15.3. The van der Waals surface area contributed by atoms with Crippen LogP contribution in [0.1, 0.15) is 21.5 Å². The number of aromatic nitrogens is 2. The Hall–Kier alpha value is -2.09. The molecule has 1 N–H and O–H groups in total. The van der Waals surface area contributed by atoms with Crippen molar-refractivity contribution < 1.29 is 27.5 Å². The summed E-state index contributed by atoms with van der Waals surface area (Å²) in [7, 11) is 1.35. The summed E-state index contributed by atoms with van der Waals surface area (Å²) in [6.07, 6.45) is -3.92. The maximum absolute atomic E-state index is 13.7. The van der Waals surface area contributed by atoms with Crippen LogP contribution < -0.4 is 0 Å². The summed E-state index contributed by atoms with van der Waals surface area (Å²) >= 11 is 5.50. The number of alkyl halides is 3. The SMILES string of the molecule is Cn1ncc(C(=O)c2ccc(C(F)(F)F)c(F)c2Cl)c1O. The molecule has 0 aliphatic rings. The first-order chi connectivity index (χ1) is 9.64. The van der Waals surface area contributed by atoms with Crippen LogP contribution in [0.4, 0.5) is 17.6 Å². The van der Waals surface area contributed by atoms with Crippen molar-refractivity contribution in [2.45, 2.75) is 6.18 Å². The summed E-state index contributed by atoms with van der Waals surface area (Å²) in [6.45, 7) is 0. The average molecular weight is 323 g/mol. The fraction of sp³-hybridized carbons (Fsp3) is 0.167. The lowest BCUT2D eigenvalue weighted by molar-refractivity contribution is -0.140. The van der Waals surface area contributed by atoms with E-state index in [9.17, 15) is 27.5 Å². The first-order valence-electron chi connectivity index (χ1n) is 5.45. The summed E-state index contributed by atoms with van der Waals surface area (Å²) in [6, 6.07) is 1.17. The summed E-state index contributed by atoms with van der Waals surface area (Å²) < 4.78 is 52.2. The van der Waals surface area contributed by atoms with Crippen LogP contribution in [-0.2, 0) is 13.2 Å². The molecule has 0 amide bonds. The Bertz CT molecular complexity index is 725. The van der Waals surface area contributed by atoms with Gasteiger partial charge in [-0.1, -0.05) is 11.6 Å². The Morgan fingerprint density at radius 1 is 1.33 bits per heavy atom. The minimum atomic E-state index is -4.92. The third-order valence-corrected chi connectivity index (χ3v) is 3.15. The van der Waals surface area contributed by atoms with Crippen LogP contribution in [0, 0.1) is 5.82 Å². The van der Waals surface area contributed by atoms with E-state index in [2.05, 4.69) is 5.10 Å². The van der Waals surface area contributed by atoms with Gasteiger partial charge in [-0.3, -0.25) is 4.79 Å². The van der Waals surface area contributed by atoms with Gasteiger partial charge >= 0.3 is 6.18 Å². The van der Waals surface area contributed by atoms with Crippen LogP contribution >= 0.6 is 11.6 Å². The molecule has 0 saturated heterocycles. The minimum Gasteiger partial charge on any atom is -0.493 e. The smallest absolute Gasteiger partial charge is 0.419 e. The monoisotopic (exact) mass is 322 g/mol. The Kier molecular flexibility index (Phi) is 3.66. The van der Waals surface area contributed by atoms with Gasteiger partial charge in [0, 0.05) is 12.6 Å². The maximum Gasteiger partial charge on any atom is 0.419 e. The van der Waals surface area contributed by atoms with Gasteiger partial charge in [0.2, 0.25) is 11.7 Å². The van der Waals surface area contributed by atoms with Gasteiger partial charge < -0.3 is 5.11 Å². The van der Waals surface area contributed by atoms with Crippen molar-refractivity contribution in [1.82, 2.24) is 9.78 Å². The van der Waals surface area contributed by atoms with Gasteiger partial charge in [0.25, 0.3) is 0 Å². The van der Waals surface area contributed by atoms with Gasteiger partial charge in [-0.25, -0.2) is 9.07 Å². The fourth-order valence-corrected chi connectivity index (χ4v) is 1.93. The van der Waals surface area contributed by atoms with Crippen molar-refractivity contribution in [3.63, 3.8) is 0 Å². The number of benzene rings is 1.